The minimum atomic E-state index is -0.962. The van der Waals surface area contributed by atoms with Gasteiger partial charge in [-0.1, -0.05) is 35.5 Å². The van der Waals surface area contributed by atoms with Gasteiger partial charge in [0, 0.05) is 5.02 Å². The number of hydrogen-bond acceptors (Lipinski definition) is 4. The van der Waals surface area contributed by atoms with Gasteiger partial charge in [0.25, 0.3) is 0 Å². The summed E-state index contributed by atoms with van der Waals surface area (Å²) in [5.41, 5.74) is 0.510. The van der Waals surface area contributed by atoms with Crippen LogP contribution in [0.25, 0.3) is 0 Å². The van der Waals surface area contributed by atoms with Crippen molar-refractivity contribution in [1.82, 2.24) is 14.8 Å². The van der Waals surface area contributed by atoms with E-state index in [1.54, 1.807) is 12.1 Å². The van der Waals surface area contributed by atoms with E-state index in [4.69, 9.17) is 16.7 Å². The Hall–Kier alpha value is -1.73. The maximum atomic E-state index is 11.8. The lowest BCUT2D eigenvalue weighted by molar-refractivity contribution is -0.133. The highest BCUT2D eigenvalue weighted by atomic mass is 35.5. The third kappa shape index (κ3) is 3.23. The molecule has 1 heterocycles. The first-order valence-electron chi connectivity index (χ1n) is 5.76. The lowest BCUT2D eigenvalue weighted by atomic mass is 10.1. The average Bonchev–Trinajstić information content (AvgIpc) is 2.77. The van der Waals surface area contributed by atoms with Crippen molar-refractivity contribution in [2.45, 2.75) is 18.1 Å². The van der Waals surface area contributed by atoms with Gasteiger partial charge in [-0.2, -0.15) is 0 Å². The highest BCUT2D eigenvalue weighted by Gasteiger charge is 2.17. The summed E-state index contributed by atoms with van der Waals surface area (Å²) in [6.07, 6.45) is 0. The predicted molar refractivity (Wildman–Crippen MR) is 76.5 cm³/mol. The van der Waals surface area contributed by atoms with Crippen molar-refractivity contribution in [1.29, 1.82) is 0 Å². The summed E-state index contributed by atoms with van der Waals surface area (Å²) in [5, 5.41) is 15.8. The number of hydrogen-bond donors (Lipinski definition) is 2. The van der Waals surface area contributed by atoms with E-state index in [1.807, 2.05) is 19.1 Å². The molecule has 0 amide bonds. The van der Waals surface area contributed by atoms with Crippen molar-refractivity contribution in [3.8, 4) is 0 Å². The van der Waals surface area contributed by atoms with Crippen LogP contribution in [0.15, 0.2) is 34.2 Å². The summed E-state index contributed by atoms with van der Waals surface area (Å²) in [7, 11) is 0. The Morgan fingerprint density at radius 1 is 1.50 bits per heavy atom. The molecule has 2 rings (SSSR count). The zero-order valence-electron chi connectivity index (χ0n) is 10.5. The van der Waals surface area contributed by atoms with E-state index in [9.17, 15) is 9.59 Å². The lowest BCUT2D eigenvalue weighted by Gasteiger charge is -2.14. The van der Waals surface area contributed by atoms with Gasteiger partial charge >= 0.3 is 11.7 Å². The van der Waals surface area contributed by atoms with E-state index >= 15 is 0 Å². The fourth-order valence-electron chi connectivity index (χ4n) is 1.75. The Labute approximate surface area is 123 Å². The van der Waals surface area contributed by atoms with Gasteiger partial charge in [-0.05, 0) is 24.6 Å². The molecule has 1 unspecified atom stereocenters. The molecule has 1 atom stereocenters. The second kappa shape index (κ2) is 6.15. The van der Waals surface area contributed by atoms with Crippen LogP contribution in [-0.2, 0) is 4.79 Å². The molecule has 0 fully saturated rings. The largest absolute Gasteiger partial charge is 0.481 e. The predicted octanol–water partition coefficient (Wildman–Crippen LogP) is 2.01. The van der Waals surface area contributed by atoms with Crippen molar-refractivity contribution in [2.75, 3.05) is 5.75 Å². The number of aliphatic carboxylic acids is 1. The maximum Gasteiger partial charge on any atom is 0.344 e. The maximum absolute atomic E-state index is 11.8. The zero-order valence-corrected chi connectivity index (χ0v) is 12.1. The second-order valence-corrected chi connectivity index (χ2v) is 5.47. The molecule has 20 heavy (non-hydrogen) atoms. The number of halogens is 1. The Bertz CT molecular complexity index is 665. The SMILES string of the molecule is CC(c1ccc(Cl)cc1)n1c(SCC(=O)O)n[nH]c1=O. The third-order valence-electron chi connectivity index (χ3n) is 2.74. The van der Waals surface area contributed by atoms with E-state index in [2.05, 4.69) is 10.2 Å². The highest BCUT2D eigenvalue weighted by Crippen LogP contribution is 2.23. The minimum absolute atomic E-state index is 0.155. The summed E-state index contributed by atoms with van der Waals surface area (Å²) in [5.74, 6) is -1.12. The van der Waals surface area contributed by atoms with Crippen molar-refractivity contribution < 1.29 is 9.90 Å². The summed E-state index contributed by atoms with van der Waals surface area (Å²) in [6, 6.07) is 6.84. The van der Waals surface area contributed by atoms with Crippen LogP contribution in [0.2, 0.25) is 5.02 Å². The molecule has 0 saturated carbocycles. The number of aromatic amines is 1. The molecule has 0 bridgehead atoms. The molecule has 0 radical (unpaired) electrons. The number of H-pyrrole nitrogens is 1. The fourth-order valence-corrected chi connectivity index (χ4v) is 2.62. The molecular weight excluding hydrogens is 302 g/mol. The average molecular weight is 314 g/mol. The summed E-state index contributed by atoms with van der Waals surface area (Å²) >= 11 is 6.83. The van der Waals surface area contributed by atoms with Gasteiger partial charge < -0.3 is 5.11 Å². The van der Waals surface area contributed by atoms with Crippen LogP contribution in [0, 0.1) is 0 Å². The van der Waals surface area contributed by atoms with Crippen LogP contribution in [-0.4, -0.2) is 31.6 Å². The molecule has 2 N–H and O–H groups in total. The Balaban J connectivity index is 2.31. The number of aromatic nitrogens is 3. The van der Waals surface area contributed by atoms with Gasteiger partial charge in [-0.3, -0.25) is 9.36 Å². The van der Waals surface area contributed by atoms with Gasteiger partial charge in [-0.25, -0.2) is 9.89 Å². The molecule has 2 aromatic rings. The Kier molecular flexibility index (Phi) is 4.51. The zero-order chi connectivity index (χ0) is 14.7. The van der Waals surface area contributed by atoms with Crippen LogP contribution in [0.4, 0.5) is 0 Å². The molecule has 6 nitrogen and oxygen atoms in total. The molecule has 0 saturated heterocycles. The quantitative estimate of drug-likeness (QED) is 0.824. The number of thioether (sulfide) groups is 1. The van der Waals surface area contributed by atoms with Gasteiger partial charge in [0.05, 0.1) is 11.8 Å². The van der Waals surface area contributed by atoms with E-state index in [0.29, 0.717) is 10.2 Å². The number of nitrogens with one attached hydrogen (secondary N) is 1. The van der Waals surface area contributed by atoms with Crippen molar-refractivity contribution >= 4 is 29.3 Å². The second-order valence-electron chi connectivity index (χ2n) is 4.09. The third-order valence-corrected chi connectivity index (χ3v) is 3.93. The molecule has 1 aromatic carbocycles. The summed E-state index contributed by atoms with van der Waals surface area (Å²) in [6.45, 7) is 1.84. The first kappa shape index (κ1) is 14.7. The lowest BCUT2D eigenvalue weighted by Crippen LogP contribution is -2.22. The molecule has 1 aromatic heterocycles. The molecule has 0 aliphatic heterocycles. The van der Waals surface area contributed by atoms with Gasteiger partial charge in [-0.15, -0.1) is 5.10 Å². The fraction of sp³-hybridized carbons (Fsp3) is 0.250. The molecule has 106 valence electrons. The van der Waals surface area contributed by atoms with Crippen LogP contribution in [0.5, 0.6) is 0 Å². The topological polar surface area (TPSA) is 88.0 Å². The smallest absolute Gasteiger partial charge is 0.344 e. The van der Waals surface area contributed by atoms with Crippen molar-refractivity contribution in [3.05, 3.63) is 45.3 Å². The number of rotatable bonds is 5. The van der Waals surface area contributed by atoms with E-state index < -0.39 is 5.97 Å². The van der Waals surface area contributed by atoms with Gasteiger partial charge in [0.2, 0.25) is 0 Å². The first-order valence-corrected chi connectivity index (χ1v) is 7.12. The van der Waals surface area contributed by atoms with E-state index in [-0.39, 0.29) is 17.5 Å². The molecular formula is C12H12ClN3O3S. The van der Waals surface area contributed by atoms with Crippen LogP contribution < -0.4 is 5.69 Å². The standard InChI is InChI=1S/C12H12ClN3O3S/c1-7(8-2-4-9(13)5-3-8)16-11(19)14-15-12(16)20-6-10(17)18/h2-5,7H,6H2,1H3,(H,14,19)(H,17,18). The summed E-state index contributed by atoms with van der Waals surface area (Å²) < 4.78 is 1.43. The Morgan fingerprint density at radius 2 is 2.15 bits per heavy atom. The first-order chi connectivity index (χ1) is 9.49. The van der Waals surface area contributed by atoms with Crippen LogP contribution >= 0.6 is 23.4 Å². The van der Waals surface area contributed by atoms with Gasteiger partial charge in [0.15, 0.2) is 5.16 Å². The number of nitrogens with zero attached hydrogens (tertiary/aromatic N) is 2. The molecule has 8 heteroatoms. The Morgan fingerprint density at radius 3 is 2.75 bits per heavy atom. The monoisotopic (exact) mass is 313 g/mol. The highest BCUT2D eigenvalue weighted by molar-refractivity contribution is 7.99. The molecule has 0 aliphatic carbocycles. The molecule has 0 aliphatic rings. The van der Waals surface area contributed by atoms with Crippen molar-refractivity contribution in [3.63, 3.8) is 0 Å². The summed E-state index contributed by atoms with van der Waals surface area (Å²) in [4.78, 5) is 22.4. The van der Waals surface area contributed by atoms with Crippen LogP contribution in [0.1, 0.15) is 18.5 Å². The van der Waals surface area contributed by atoms with E-state index in [1.165, 1.54) is 4.57 Å². The number of benzene rings is 1. The number of carbonyl (C=O) groups is 1. The normalized spacial score (nSPS) is 12.3. The number of carboxylic acid groups (broad SMARTS) is 1. The van der Waals surface area contributed by atoms with E-state index in [0.717, 1.165) is 17.3 Å². The van der Waals surface area contributed by atoms with Crippen LogP contribution in [0.3, 0.4) is 0 Å². The molecule has 0 spiro atoms. The van der Waals surface area contributed by atoms with Gasteiger partial charge in [0.1, 0.15) is 0 Å². The minimum Gasteiger partial charge on any atom is -0.481 e. The van der Waals surface area contributed by atoms with Crippen molar-refractivity contribution in [2.24, 2.45) is 0 Å². The number of carboxylic acids is 1.